The minimum Gasteiger partial charge on any atom is -0.493 e. The van der Waals surface area contributed by atoms with Crippen molar-refractivity contribution < 1.29 is 9.53 Å². The predicted molar refractivity (Wildman–Crippen MR) is 88.2 cm³/mol. The van der Waals surface area contributed by atoms with Crippen molar-refractivity contribution in [2.75, 3.05) is 6.61 Å². The second kappa shape index (κ2) is 7.76. The number of rotatable bonds is 7. The number of aryl methyl sites for hydroxylation is 1. The van der Waals surface area contributed by atoms with Crippen LogP contribution in [0.4, 0.5) is 0 Å². The van der Waals surface area contributed by atoms with Gasteiger partial charge in [0, 0.05) is 7.05 Å². The standard InChI is InChI=1S/C17H24N4O2/c1-12(2)14-5-7-15(8-6-14)23-10-9-16(22)19-13(3)17-20-18-11-21(17)4/h5-8,11-13H,9-10H2,1-4H3,(H,19,22). The number of aromatic nitrogens is 3. The highest BCUT2D eigenvalue weighted by molar-refractivity contribution is 5.76. The third kappa shape index (κ3) is 4.81. The summed E-state index contributed by atoms with van der Waals surface area (Å²) in [5, 5.41) is 10.7. The molecule has 23 heavy (non-hydrogen) atoms. The average Bonchev–Trinajstić information content (AvgIpc) is 2.94. The van der Waals surface area contributed by atoms with E-state index in [2.05, 4.69) is 41.5 Å². The van der Waals surface area contributed by atoms with Gasteiger partial charge in [0.05, 0.1) is 19.1 Å². The molecule has 0 radical (unpaired) electrons. The first-order valence-corrected chi connectivity index (χ1v) is 7.83. The molecule has 124 valence electrons. The Morgan fingerprint density at radius 1 is 1.26 bits per heavy atom. The average molecular weight is 316 g/mol. The van der Waals surface area contributed by atoms with Gasteiger partial charge in [0.25, 0.3) is 0 Å². The minimum atomic E-state index is -0.180. The zero-order valence-corrected chi connectivity index (χ0v) is 14.1. The van der Waals surface area contributed by atoms with Gasteiger partial charge in [0.15, 0.2) is 5.82 Å². The Balaban J connectivity index is 1.75. The number of carbonyl (C=O) groups is 1. The number of benzene rings is 1. The highest BCUT2D eigenvalue weighted by atomic mass is 16.5. The predicted octanol–water partition coefficient (Wildman–Crippen LogP) is 2.58. The molecule has 1 atom stereocenters. The van der Waals surface area contributed by atoms with E-state index in [9.17, 15) is 4.79 Å². The summed E-state index contributed by atoms with van der Waals surface area (Å²) in [5.41, 5.74) is 1.27. The van der Waals surface area contributed by atoms with Crippen LogP contribution in [0.25, 0.3) is 0 Å². The lowest BCUT2D eigenvalue weighted by molar-refractivity contribution is -0.122. The van der Waals surface area contributed by atoms with Gasteiger partial charge in [-0.1, -0.05) is 26.0 Å². The lowest BCUT2D eigenvalue weighted by Gasteiger charge is -2.13. The highest BCUT2D eigenvalue weighted by Crippen LogP contribution is 2.18. The molecule has 1 amide bonds. The molecule has 0 spiro atoms. The number of hydrogen-bond donors (Lipinski definition) is 1. The molecule has 0 aliphatic rings. The van der Waals surface area contributed by atoms with Gasteiger partial charge < -0.3 is 14.6 Å². The van der Waals surface area contributed by atoms with Gasteiger partial charge >= 0.3 is 0 Å². The molecule has 1 aromatic heterocycles. The molecule has 1 heterocycles. The van der Waals surface area contributed by atoms with Crippen molar-refractivity contribution in [1.29, 1.82) is 0 Å². The quantitative estimate of drug-likeness (QED) is 0.852. The van der Waals surface area contributed by atoms with Crippen molar-refractivity contribution in [2.45, 2.75) is 39.2 Å². The fourth-order valence-corrected chi connectivity index (χ4v) is 2.27. The third-order valence-corrected chi connectivity index (χ3v) is 3.66. The molecule has 0 saturated carbocycles. The van der Waals surface area contributed by atoms with Gasteiger partial charge in [-0.3, -0.25) is 4.79 Å². The lowest BCUT2D eigenvalue weighted by Crippen LogP contribution is -2.29. The van der Waals surface area contributed by atoms with E-state index in [1.807, 2.05) is 26.1 Å². The molecule has 2 aromatic rings. The summed E-state index contributed by atoms with van der Waals surface area (Å²) in [6.45, 7) is 6.53. The molecule has 2 rings (SSSR count). The number of amides is 1. The summed E-state index contributed by atoms with van der Waals surface area (Å²) < 4.78 is 7.40. The van der Waals surface area contributed by atoms with Crippen LogP contribution in [0.3, 0.4) is 0 Å². The third-order valence-electron chi connectivity index (χ3n) is 3.66. The fraction of sp³-hybridized carbons (Fsp3) is 0.471. The van der Waals surface area contributed by atoms with Gasteiger partial charge in [-0.05, 0) is 30.5 Å². The van der Waals surface area contributed by atoms with Crippen LogP contribution < -0.4 is 10.1 Å². The summed E-state index contributed by atoms with van der Waals surface area (Å²) in [5.74, 6) is 1.93. The minimum absolute atomic E-state index is 0.0701. The summed E-state index contributed by atoms with van der Waals surface area (Å²) in [7, 11) is 1.85. The maximum absolute atomic E-state index is 11.9. The van der Waals surface area contributed by atoms with Crippen molar-refractivity contribution >= 4 is 5.91 Å². The number of nitrogens with zero attached hydrogens (tertiary/aromatic N) is 3. The molecule has 1 unspecified atom stereocenters. The van der Waals surface area contributed by atoms with Crippen LogP contribution in [-0.4, -0.2) is 27.3 Å². The van der Waals surface area contributed by atoms with Gasteiger partial charge in [-0.15, -0.1) is 10.2 Å². The molecular weight excluding hydrogens is 292 g/mol. The van der Waals surface area contributed by atoms with E-state index in [0.717, 1.165) is 11.6 Å². The van der Waals surface area contributed by atoms with E-state index >= 15 is 0 Å². The first kappa shape index (κ1) is 17.0. The van der Waals surface area contributed by atoms with Gasteiger partial charge in [-0.25, -0.2) is 0 Å². The Bertz CT molecular complexity index is 634. The summed E-state index contributed by atoms with van der Waals surface area (Å²) in [6.07, 6.45) is 1.91. The van der Waals surface area contributed by atoms with Crippen molar-refractivity contribution in [3.8, 4) is 5.75 Å². The van der Waals surface area contributed by atoms with Crippen molar-refractivity contribution in [2.24, 2.45) is 7.05 Å². The summed E-state index contributed by atoms with van der Waals surface area (Å²) in [6, 6.07) is 7.80. The van der Waals surface area contributed by atoms with E-state index in [-0.39, 0.29) is 11.9 Å². The van der Waals surface area contributed by atoms with Crippen LogP contribution in [0.15, 0.2) is 30.6 Å². The Kier molecular flexibility index (Phi) is 5.73. The molecule has 0 bridgehead atoms. The van der Waals surface area contributed by atoms with E-state index < -0.39 is 0 Å². The summed E-state index contributed by atoms with van der Waals surface area (Å²) >= 11 is 0. The first-order valence-electron chi connectivity index (χ1n) is 7.83. The number of nitrogens with one attached hydrogen (secondary N) is 1. The van der Waals surface area contributed by atoms with Crippen LogP contribution in [0, 0.1) is 0 Å². The molecule has 0 fully saturated rings. The topological polar surface area (TPSA) is 69.0 Å². The van der Waals surface area contributed by atoms with Crippen molar-refractivity contribution in [3.05, 3.63) is 42.0 Å². The first-order chi connectivity index (χ1) is 11.0. The second-order valence-electron chi connectivity index (χ2n) is 5.91. The van der Waals surface area contributed by atoms with Gasteiger partial charge in [0.1, 0.15) is 12.1 Å². The number of ether oxygens (including phenoxy) is 1. The van der Waals surface area contributed by atoms with E-state index in [1.165, 1.54) is 5.56 Å². The Labute approximate surface area is 136 Å². The van der Waals surface area contributed by atoms with Crippen molar-refractivity contribution in [3.63, 3.8) is 0 Å². The zero-order chi connectivity index (χ0) is 16.8. The number of carbonyl (C=O) groups excluding carboxylic acids is 1. The monoisotopic (exact) mass is 316 g/mol. The molecule has 0 saturated heterocycles. The molecule has 6 heteroatoms. The van der Waals surface area contributed by atoms with Crippen LogP contribution >= 0.6 is 0 Å². The van der Waals surface area contributed by atoms with E-state index in [1.54, 1.807) is 10.9 Å². The van der Waals surface area contributed by atoms with E-state index in [4.69, 9.17) is 4.74 Å². The number of hydrogen-bond acceptors (Lipinski definition) is 4. The summed E-state index contributed by atoms with van der Waals surface area (Å²) in [4.78, 5) is 11.9. The maximum Gasteiger partial charge on any atom is 0.224 e. The molecule has 6 nitrogen and oxygen atoms in total. The molecule has 0 aliphatic carbocycles. The SMILES string of the molecule is CC(C)c1ccc(OCCC(=O)NC(C)c2nncn2C)cc1. The molecule has 1 aromatic carbocycles. The molecule has 0 aliphatic heterocycles. The van der Waals surface area contributed by atoms with Crippen LogP contribution in [0.2, 0.25) is 0 Å². The molecule has 1 N–H and O–H groups in total. The van der Waals surface area contributed by atoms with Gasteiger partial charge in [0.2, 0.25) is 5.91 Å². The Morgan fingerprint density at radius 2 is 1.96 bits per heavy atom. The largest absolute Gasteiger partial charge is 0.493 e. The fourth-order valence-electron chi connectivity index (χ4n) is 2.27. The second-order valence-corrected chi connectivity index (χ2v) is 5.91. The Hall–Kier alpha value is -2.37. The van der Waals surface area contributed by atoms with Crippen LogP contribution in [-0.2, 0) is 11.8 Å². The smallest absolute Gasteiger partial charge is 0.224 e. The van der Waals surface area contributed by atoms with Gasteiger partial charge in [-0.2, -0.15) is 0 Å². The molecular formula is C17H24N4O2. The van der Waals surface area contributed by atoms with E-state index in [0.29, 0.717) is 18.9 Å². The Morgan fingerprint density at radius 3 is 2.52 bits per heavy atom. The highest BCUT2D eigenvalue weighted by Gasteiger charge is 2.14. The maximum atomic E-state index is 11.9. The van der Waals surface area contributed by atoms with Crippen molar-refractivity contribution in [1.82, 2.24) is 20.1 Å². The normalized spacial score (nSPS) is 12.2. The van der Waals surface area contributed by atoms with Crippen LogP contribution in [0.5, 0.6) is 5.75 Å². The zero-order valence-electron chi connectivity index (χ0n) is 14.1. The van der Waals surface area contributed by atoms with Crippen LogP contribution in [0.1, 0.15) is 50.5 Å². The lowest BCUT2D eigenvalue weighted by atomic mass is 10.0.